The van der Waals surface area contributed by atoms with Crippen LogP contribution in [0.5, 0.6) is 11.5 Å². The zero-order valence-corrected chi connectivity index (χ0v) is 16.0. The number of aryl methyl sites for hydroxylation is 2. The highest BCUT2D eigenvalue weighted by Crippen LogP contribution is 2.30. The largest absolute Gasteiger partial charge is 0.487 e. The lowest BCUT2D eigenvalue weighted by atomic mass is 9.98. The summed E-state index contributed by atoms with van der Waals surface area (Å²) in [4.78, 5) is 0. The molecule has 2 aliphatic heterocycles. The van der Waals surface area contributed by atoms with Gasteiger partial charge in [0.1, 0.15) is 47.5 Å². The summed E-state index contributed by atoms with van der Waals surface area (Å²) in [7, 11) is 0. The van der Waals surface area contributed by atoms with Crippen LogP contribution in [0.15, 0.2) is 36.4 Å². The standard InChI is InChI=1S/C22H25F2NO4/c23-15-3-7-19-13(9-15)1-5-21(28-19)17(26)11-25-12-18(27)22-6-2-14-10-16(24)4-8-20(14)29-22/h3-4,7-10,17-18,21-22,25-27H,1-2,5-6,11-12H2/t17-,18?,21-,22+/m1/s1. The molecule has 29 heavy (non-hydrogen) atoms. The Morgan fingerprint density at radius 1 is 0.828 bits per heavy atom. The molecule has 2 aromatic carbocycles. The van der Waals surface area contributed by atoms with Crippen molar-refractivity contribution in [2.45, 2.75) is 50.1 Å². The number of aliphatic hydroxyl groups excluding tert-OH is 2. The van der Waals surface area contributed by atoms with E-state index in [1.807, 2.05) is 0 Å². The van der Waals surface area contributed by atoms with Crippen LogP contribution in [-0.4, -0.2) is 47.7 Å². The zero-order chi connectivity index (χ0) is 20.4. The third-order valence-electron chi connectivity index (χ3n) is 5.56. The highest BCUT2D eigenvalue weighted by atomic mass is 19.1. The third kappa shape index (κ3) is 4.69. The molecule has 4 atom stereocenters. The summed E-state index contributed by atoms with van der Waals surface area (Å²) in [5.41, 5.74) is 1.62. The first kappa shape index (κ1) is 20.1. The van der Waals surface area contributed by atoms with E-state index in [0.29, 0.717) is 37.2 Å². The van der Waals surface area contributed by atoms with Gasteiger partial charge in [-0.3, -0.25) is 0 Å². The van der Waals surface area contributed by atoms with E-state index in [1.165, 1.54) is 24.3 Å². The van der Waals surface area contributed by atoms with E-state index >= 15 is 0 Å². The fourth-order valence-corrected chi connectivity index (χ4v) is 3.94. The van der Waals surface area contributed by atoms with Crippen LogP contribution >= 0.6 is 0 Å². The first-order valence-corrected chi connectivity index (χ1v) is 9.96. The van der Waals surface area contributed by atoms with Crippen molar-refractivity contribution in [3.63, 3.8) is 0 Å². The van der Waals surface area contributed by atoms with Crippen molar-refractivity contribution >= 4 is 0 Å². The van der Waals surface area contributed by atoms with Crippen molar-refractivity contribution in [1.82, 2.24) is 5.32 Å². The summed E-state index contributed by atoms with van der Waals surface area (Å²) in [6.45, 7) is 0.513. The highest BCUT2D eigenvalue weighted by Gasteiger charge is 2.29. The van der Waals surface area contributed by atoms with Crippen LogP contribution in [0, 0.1) is 11.6 Å². The Morgan fingerprint density at radius 2 is 1.28 bits per heavy atom. The average Bonchev–Trinajstić information content (AvgIpc) is 2.72. The van der Waals surface area contributed by atoms with Gasteiger partial charge in [0.15, 0.2) is 0 Å². The molecule has 156 valence electrons. The van der Waals surface area contributed by atoms with Gasteiger partial charge in [0.2, 0.25) is 0 Å². The fraction of sp³-hybridized carbons (Fsp3) is 0.455. The number of hydrogen-bond donors (Lipinski definition) is 3. The van der Waals surface area contributed by atoms with Gasteiger partial charge in [0.25, 0.3) is 0 Å². The number of fused-ring (bicyclic) bond motifs is 2. The van der Waals surface area contributed by atoms with Gasteiger partial charge >= 0.3 is 0 Å². The van der Waals surface area contributed by atoms with Gasteiger partial charge in [-0.1, -0.05) is 0 Å². The Kier molecular flexibility index (Phi) is 5.99. The van der Waals surface area contributed by atoms with E-state index in [4.69, 9.17) is 9.47 Å². The topological polar surface area (TPSA) is 71.0 Å². The van der Waals surface area contributed by atoms with Crippen molar-refractivity contribution in [1.29, 1.82) is 0 Å². The SMILES string of the molecule is OC(CNC[C@@H](O)[C@H]1CCc2cc(F)ccc2O1)[C@@H]1CCc2cc(F)ccc2O1. The maximum atomic E-state index is 13.3. The van der Waals surface area contributed by atoms with Crippen LogP contribution in [0.3, 0.4) is 0 Å². The maximum absolute atomic E-state index is 13.3. The Hall–Kier alpha value is -2.22. The number of hydrogen-bond acceptors (Lipinski definition) is 5. The van der Waals surface area contributed by atoms with E-state index in [9.17, 15) is 19.0 Å². The maximum Gasteiger partial charge on any atom is 0.126 e. The van der Waals surface area contributed by atoms with Crippen molar-refractivity contribution in [2.24, 2.45) is 0 Å². The molecular weight excluding hydrogens is 380 g/mol. The van der Waals surface area contributed by atoms with Crippen LogP contribution in [0.25, 0.3) is 0 Å². The second-order valence-electron chi connectivity index (χ2n) is 7.69. The second kappa shape index (κ2) is 8.65. The molecule has 0 aromatic heterocycles. The number of ether oxygens (including phenoxy) is 2. The minimum Gasteiger partial charge on any atom is -0.487 e. The quantitative estimate of drug-likeness (QED) is 0.688. The van der Waals surface area contributed by atoms with Crippen molar-refractivity contribution < 1.29 is 28.5 Å². The lowest BCUT2D eigenvalue weighted by Crippen LogP contribution is -2.46. The van der Waals surface area contributed by atoms with Crippen LogP contribution in [0.1, 0.15) is 24.0 Å². The predicted octanol–water partition coefficient (Wildman–Crippen LogP) is 2.36. The molecule has 5 nitrogen and oxygen atoms in total. The number of benzene rings is 2. The molecule has 0 aliphatic carbocycles. The van der Waals surface area contributed by atoms with Crippen LogP contribution in [0.2, 0.25) is 0 Å². The second-order valence-corrected chi connectivity index (χ2v) is 7.69. The van der Waals surface area contributed by atoms with Crippen molar-refractivity contribution in [3.8, 4) is 11.5 Å². The first-order valence-electron chi connectivity index (χ1n) is 9.96. The van der Waals surface area contributed by atoms with E-state index in [1.54, 1.807) is 12.1 Å². The summed E-state index contributed by atoms with van der Waals surface area (Å²) in [6.07, 6.45) is 0.214. The molecule has 2 aliphatic rings. The van der Waals surface area contributed by atoms with Crippen LogP contribution in [0.4, 0.5) is 8.78 Å². The summed E-state index contributed by atoms with van der Waals surface area (Å²) >= 11 is 0. The van der Waals surface area contributed by atoms with Gasteiger partial charge in [-0.25, -0.2) is 8.78 Å². The smallest absolute Gasteiger partial charge is 0.126 e. The molecule has 7 heteroatoms. The molecule has 4 rings (SSSR count). The predicted molar refractivity (Wildman–Crippen MR) is 103 cm³/mol. The molecule has 0 saturated heterocycles. The fourth-order valence-electron chi connectivity index (χ4n) is 3.94. The monoisotopic (exact) mass is 405 g/mol. The van der Waals surface area contributed by atoms with Crippen molar-refractivity contribution in [2.75, 3.05) is 13.1 Å². The first-order chi connectivity index (χ1) is 14.0. The Labute approximate surface area is 168 Å². The summed E-state index contributed by atoms with van der Waals surface area (Å²) in [5, 5.41) is 23.9. The van der Waals surface area contributed by atoms with E-state index in [2.05, 4.69) is 5.32 Å². The zero-order valence-electron chi connectivity index (χ0n) is 16.0. The van der Waals surface area contributed by atoms with Gasteiger partial charge in [-0.15, -0.1) is 0 Å². The van der Waals surface area contributed by atoms with E-state index in [0.717, 1.165) is 11.1 Å². The molecule has 0 amide bonds. The molecule has 0 fully saturated rings. The Bertz CT molecular complexity index is 793. The Morgan fingerprint density at radius 3 is 1.72 bits per heavy atom. The van der Waals surface area contributed by atoms with Gasteiger partial charge in [0.05, 0.1) is 0 Å². The van der Waals surface area contributed by atoms with Crippen LogP contribution in [-0.2, 0) is 12.8 Å². The summed E-state index contributed by atoms with van der Waals surface area (Å²) in [5.74, 6) is 0.624. The number of aliphatic hydroxyl groups is 2. The van der Waals surface area contributed by atoms with Gasteiger partial charge in [-0.05, 0) is 73.2 Å². The third-order valence-corrected chi connectivity index (χ3v) is 5.56. The van der Waals surface area contributed by atoms with E-state index in [-0.39, 0.29) is 36.9 Å². The average molecular weight is 405 g/mol. The lowest BCUT2D eigenvalue weighted by Gasteiger charge is -2.31. The highest BCUT2D eigenvalue weighted by molar-refractivity contribution is 5.36. The summed E-state index contributed by atoms with van der Waals surface area (Å²) in [6, 6.07) is 8.79. The molecular formula is C22H25F2NO4. The van der Waals surface area contributed by atoms with Gasteiger partial charge in [-0.2, -0.15) is 0 Å². The number of rotatable bonds is 6. The number of nitrogens with one attached hydrogen (secondary N) is 1. The Balaban J connectivity index is 1.24. The molecule has 0 bridgehead atoms. The molecule has 0 saturated carbocycles. The van der Waals surface area contributed by atoms with E-state index < -0.39 is 12.2 Å². The van der Waals surface area contributed by atoms with Gasteiger partial charge < -0.3 is 25.0 Å². The molecule has 3 N–H and O–H groups in total. The molecule has 0 radical (unpaired) electrons. The van der Waals surface area contributed by atoms with Gasteiger partial charge in [0, 0.05) is 13.1 Å². The minimum absolute atomic E-state index is 0.257. The number of halogens is 2. The van der Waals surface area contributed by atoms with Crippen LogP contribution < -0.4 is 14.8 Å². The molecule has 2 aromatic rings. The minimum atomic E-state index is -0.753. The lowest BCUT2D eigenvalue weighted by molar-refractivity contribution is 0.00892. The summed E-state index contributed by atoms with van der Waals surface area (Å²) < 4.78 is 38.2. The molecule has 1 unspecified atom stereocenters. The normalized spacial score (nSPS) is 22.6. The molecule has 2 heterocycles. The van der Waals surface area contributed by atoms with Crippen molar-refractivity contribution in [3.05, 3.63) is 59.2 Å². The molecule has 0 spiro atoms.